The van der Waals surface area contributed by atoms with Crippen molar-refractivity contribution in [2.24, 2.45) is 5.41 Å². The lowest BCUT2D eigenvalue weighted by atomic mass is 9.82. The van der Waals surface area contributed by atoms with Gasteiger partial charge in [0.15, 0.2) is 11.6 Å². The Hall–Kier alpha value is -1.10. The fourth-order valence-corrected chi connectivity index (χ4v) is 1.64. The van der Waals surface area contributed by atoms with Gasteiger partial charge >= 0.3 is 0 Å². The van der Waals surface area contributed by atoms with E-state index < -0.39 is 5.41 Å². The molecule has 0 aromatic heterocycles. The van der Waals surface area contributed by atoms with Crippen molar-refractivity contribution in [3.05, 3.63) is 0 Å². The molecule has 0 radical (unpaired) electrons. The molecule has 12 heavy (non-hydrogen) atoms. The maximum atomic E-state index is 11.4. The van der Waals surface area contributed by atoms with Crippen molar-refractivity contribution < 1.29 is 9.59 Å². The first-order valence-corrected chi connectivity index (χ1v) is 4.18. The van der Waals surface area contributed by atoms with Crippen molar-refractivity contribution >= 4 is 11.6 Å². The van der Waals surface area contributed by atoms with Crippen molar-refractivity contribution in [1.29, 1.82) is 0 Å². The van der Waals surface area contributed by atoms with Crippen LogP contribution in [0.5, 0.6) is 0 Å². The summed E-state index contributed by atoms with van der Waals surface area (Å²) in [5.74, 6) is 5.44. The first-order valence-electron chi connectivity index (χ1n) is 4.18. The number of ketones is 2. The number of hydrogen-bond acceptors (Lipinski definition) is 2. The Balaban J connectivity index is 3.10. The molecule has 0 aliphatic heterocycles. The van der Waals surface area contributed by atoms with Gasteiger partial charge in [-0.05, 0) is 13.3 Å². The van der Waals surface area contributed by atoms with Crippen LogP contribution in [0, 0.1) is 17.3 Å². The second-order valence-corrected chi connectivity index (χ2v) is 2.98. The van der Waals surface area contributed by atoms with E-state index in [1.165, 1.54) is 0 Å². The SMILES string of the molecule is CC#CC1(CC)C(=O)CCC1=O. The van der Waals surface area contributed by atoms with Crippen molar-refractivity contribution in [3.63, 3.8) is 0 Å². The molecular weight excluding hydrogens is 152 g/mol. The first-order chi connectivity index (χ1) is 5.67. The van der Waals surface area contributed by atoms with E-state index in [2.05, 4.69) is 11.8 Å². The summed E-state index contributed by atoms with van der Waals surface area (Å²) < 4.78 is 0. The maximum Gasteiger partial charge on any atom is 0.158 e. The topological polar surface area (TPSA) is 34.1 Å². The highest BCUT2D eigenvalue weighted by molar-refractivity contribution is 6.15. The highest BCUT2D eigenvalue weighted by atomic mass is 16.2. The number of carbonyl (C=O) groups excluding carboxylic acids is 2. The van der Waals surface area contributed by atoms with Gasteiger partial charge in [-0.15, -0.1) is 5.92 Å². The molecule has 0 heterocycles. The third kappa shape index (κ3) is 1.06. The summed E-state index contributed by atoms with van der Waals surface area (Å²) in [7, 11) is 0. The molecule has 0 bridgehead atoms. The van der Waals surface area contributed by atoms with Crippen LogP contribution in [-0.2, 0) is 9.59 Å². The van der Waals surface area contributed by atoms with Crippen molar-refractivity contribution in [2.75, 3.05) is 0 Å². The van der Waals surface area contributed by atoms with Crippen LogP contribution in [0.2, 0.25) is 0 Å². The van der Waals surface area contributed by atoms with E-state index in [4.69, 9.17) is 0 Å². The van der Waals surface area contributed by atoms with Crippen LogP contribution in [0.25, 0.3) is 0 Å². The molecule has 1 aliphatic carbocycles. The van der Waals surface area contributed by atoms with E-state index in [0.29, 0.717) is 19.3 Å². The molecule has 0 unspecified atom stereocenters. The predicted molar refractivity (Wildman–Crippen MR) is 45.4 cm³/mol. The maximum absolute atomic E-state index is 11.4. The Morgan fingerprint density at radius 3 is 2.17 bits per heavy atom. The zero-order valence-electron chi connectivity index (χ0n) is 7.44. The van der Waals surface area contributed by atoms with Gasteiger partial charge in [0.1, 0.15) is 5.41 Å². The van der Waals surface area contributed by atoms with E-state index in [1.54, 1.807) is 6.92 Å². The van der Waals surface area contributed by atoms with Gasteiger partial charge in [0, 0.05) is 12.8 Å². The van der Waals surface area contributed by atoms with Crippen LogP contribution in [0.15, 0.2) is 0 Å². The smallest absolute Gasteiger partial charge is 0.158 e. The second-order valence-electron chi connectivity index (χ2n) is 2.98. The monoisotopic (exact) mass is 164 g/mol. The Labute approximate surface area is 72.3 Å². The van der Waals surface area contributed by atoms with Crippen molar-refractivity contribution in [2.45, 2.75) is 33.1 Å². The van der Waals surface area contributed by atoms with Gasteiger partial charge in [-0.1, -0.05) is 12.8 Å². The van der Waals surface area contributed by atoms with Crippen LogP contribution < -0.4 is 0 Å². The van der Waals surface area contributed by atoms with E-state index in [1.807, 2.05) is 6.92 Å². The fourth-order valence-electron chi connectivity index (χ4n) is 1.64. The summed E-state index contributed by atoms with van der Waals surface area (Å²) in [4.78, 5) is 22.8. The van der Waals surface area contributed by atoms with Crippen LogP contribution in [0.4, 0.5) is 0 Å². The molecule has 1 fully saturated rings. The van der Waals surface area contributed by atoms with Gasteiger partial charge in [-0.3, -0.25) is 9.59 Å². The predicted octanol–water partition coefficient (Wildman–Crippen LogP) is 1.34. The minimum Gasteiger partial charge on any atom is -0.297 e. The number of carbonyl (C=O) groups is 2. The van der Waals surface area contributed by atoms with E-state index >= 15 is 0 Å². The average molecular weight is 164 g/mol. The summed E-state index contributed by atoms with van der Waals surface area (Å²) in [6.45, 7) is 3.50. The van der Waals surface area contributed by atoms with Crippen molar-refractivity contribution in [3.8, 4) is 11.8 Å². The highest BCUT2D eigenvalue weighted by Gasteiger charge is 2.46. The van der Waals surface area contributed by atoms with E-state index in [0.717, 1.165) is 0 Å². The Bertz CT molecular complexity index is 262. The minimum absolute atomic E-state index is 0.00403. The molecule has 0 aromatic rings. The van der Waals surface area contributed by atoms with Gasteiger partial charge in [-0.25, -0.2) is 0 Å². The number of rotatable bonds is 1. The molecule has 0 amide bonds. The van der Waals surface area contributed by atoms with E-state index in [9.17, 15) is 9.59 Å². The molecule has 2 nitrogen and oxygen atoms in total. The molecule has 64 valence electrons. The summed E-state index contributed by atoms with van der Waals surface area (Å²) in [5, 5.41) is 0. The second kappa shape index (κ2) is 3.10. The molecule has 1 aliphatic rings. The Morgan fingerprint density at radius 2 is 1.83 bits per heavy atom. The summed E-state index contributed by atoms with van der Waals surface area (Å²) in [5.41, 5.74) is -0.936. The number of Topliss-reactive ketones (excluding diaryl/α,β-unsaturated/α-hetero) is 2. The standard InChI is InChI=1S/C10H12O2/c1-3-7-10(4-2)8(11)5-6-9(10)12/h4-6H2,1-2H3. The third-order valence-corrected chi connectivity index (χ3v) is 2.40. The lowest BCUT2D eigenvalue weighted by Gasteiger charge is -2.15. The molecule has 0 N–H and O–H groups in total. The fraction of sp³-hybridized carbons (Fsp3) is 0.600. The van der Waals surface area contributed by atoms with E-state index in [-0.39, 0.29) is 11.6 Å². The summed E-state index contributed by atoms with van der Waals surface area (Å²) in [6, 6.07) is 0. The van der Waals surface area contributed by atoms with Crippen LogP contribution in [-0.4, -0.2) is 11.6 Å². The lowest BCUT2D eigenvalue weighted by Crippen LogP contribution is -2.30. The molecule has 2 heteroatoms. The van der Waals surface area contributed by atoms with Crippen LogP contribution in [0.3, 0.4) is 0 Å². The van der Waals surface area contributed by atoms with Gasteiger partial charge < -0.3 is 0 Å². The van der Waals surface area contributed by atoms with Crippen molar-refractivity contribution in [1.82, 2.24) is 0 Å². The molecular formula is C10H12O2. The Morgan fingerprint density at radius 1 is 1.33 bits per heavy atom. The van der Waals surface area contributed by atoms with Gasteiger partial charge in [-0.2, -0.15) is 0 Å². The first kappa shape index (κ1) is 8.99. The largest absolute Gasteiger partial charge is 0.297 e. The quantitative estimate of drug-likeness (QED) is 0.433. The summed E-state index contributed by atoms with van der Waals surface area (Å²) in [6.07, 6.45) is 1.27. The molecule has 1 rings (SSSR count). The summed E-state index contributed by atoms with van der Waals surface area (Å²) >= 11 is 0. The molecule has 0 spiro atoms. The Kier molecular flexibility index (Phi) is 2.32. The van der Waals surface area contributed by atoms with Crippen LogP contribution in [0.1, 0.15) is 33.1 Å². The third-order valence-electron chi connectivity index (χ3n) is 2.40. The minimum atomic E-state index is -0.936. The zero-order valence-corrected chi connectivity index (χ0v) is 7.44. The lowest BCUT2D eigenvalue weighted by molar-refractivity contribution is -0.131. The van der Waals surface area contributed by atoms with Crippen LogP contribution >= 0.6 is 0 Å². The molecule has 0 atom stereocenters. The molecule has 0 aromatic carbocycles. The zero-order chi connectivity index (χ0) is 9.19. The normalized spacial score (nSPS) is 20.5. The highest BCUT2D eigenvalue weighted by Crippen LogP contribution is 2.33. The number of hydrogen-bond donors (Lipinski definition) is 0. The average Bonchev–Trinajstić information content (AvgIpc) is 2.33. The van der Waals surface area contributed by atoms with Gasteiger partial charge in [0.05, 0.1) is 0 Å². The molecule has 0 saturated heterocycles. The van der Waals surface area contributed by atoms with Gasteiger partial charge in [0.25, 0.3) is 0 Å². The van der Waals surface area contributed by atoms with Gasteiger partial charge in [0.2, 0.25) is 0 Å². The molecule has 1 saturated carbocycles.